The number of nitrogens with one attached hydrogen (secondary N) is 1. The van der Waals surface area contributed by atoms with Crippen molar-refractivity contribution in [3.63, 3.8) is 0 Å². The minimum absolute atomic E-state index is 0.129. The minimum atomic E-state index is -0.129. The normalized spacial score (nSPS) is 19.5. The molecule has 5 rings (SSSR count). The van der Waals surface area contributed by atoms with Gasteiger partial charge in [0.1, 0.15) is 11.4 Å². The predicted molar refractivity (Wildman–Crippen MR) is 124 cm³/mol. The molecule has 1 unspecified atom stereocenters. The molecule has 1 aliphatic heterocycles. The smallest absolute Gasteiger partial charge is 0.322 e. The highest BCUT2D eigenvalue weighted by Crippen LogP contribution is 2.39. The first-order valence-corrected chi connectivity index (χ1v) is 11.3. The van der Waals surface area contributed by atoms with Gasteiger partial charge in [0.05, 0.1) is 6.20 Å². The van der Waals surface area contributed by atoms with E-state index in [9.17, 15) is 4.79 Å². The highest BCUT2D eigenvalue weighted by molar-refractivity contribution is 5.89. The second-order valence-corrected chi connectivity index (χ2v) is 8.79. The molecule has 0 spiro atoms. The molecule has 1 aromatic carbocycles. The number of piperidine rings is 1. The van der Waals surface area contributed by atoms with Crippen molar-refractivity contribution >= 4 is 17.8 Å². The van der Waals surface area contributed by atoms with Crippen molar-refractivity contribution in [1.29, 1.82) is 0 Å². The molecule has 33 heavy (non-hydrogen) atoms. The summed E-state index contributed by atoms with van der Waals surface area (Å²) in [5.41, 5.74) is 4.16. The van der Waals surface area contributed by atoms with E-state index in [4.69, 9.17) is 9.26 Å². The van der Waals surface area contributed by atoms with E-state index in [-0.39, 0.29) is 11.9 Å². The highest BCUT2D eigenvalue weighted by Gasteiger charge is 2.25. The fourth-order valence-corrected chi connectivity index (χ4v) is 4.05. The predicted octanol–water partition coefficient (Wildman–Crippen LogP) is 5.40. The van der Waals surface area contributed by atoms with Crippen LogP contribution in [0.4, 0.5) is 10.5 Å². The lowest BCUT2D eigenvalue weighted by Crippen LogP contribution is -2.42. The lowest BCUT2D eigenvalue weighted by Gasteiger charge is -2.33. The third-order valence-corrected chi connectivity index (χ3v) is 6.19. The zero-order chi connectivity index (χ0) is 22.8. The van der Waals surface area contributed by atoms with Crippen molar-refractivity contribution in [3.05, 3.63) is 65.3 Å². The van der Waals surface area contributed by atoms with Crippen LogP contribution in [-0.2, 0) is 0 Å². The molecule has 0 radical (unpaired) electrons. The van der Waals surface area contributed by atoms with Crippen molar-refractivity contribution in [1.82, 2.24) is 20.0 Å². The van der Waals surface area contributed by atoms with Crippen LogP contribution < -0.4 is 10.1 Å². The standard InChI is InChI=1S/C25H27N5O3/c1-16-15-30(25(31)29-23-14-28-33-17(23)2)9-8-20(16)10-18-4-3-5-22(11-18)32-24-26-12-21(13-27-24)19-6-7-19/h3-5,10-14,16,19H,6-9,15H2,1-2H3,(H,29,31)/b20-10+. The van der Waals surface area contributed by atoms with Crippen LogP contribution in [0.5, 0.6) is 11.8 Å². The number of hydrogen-bond acceptors (Lipinski definition) is 6. The number of aromatic nitrogens is 3. The second-order valence-electron chi connectivity index (χ2n) is 8.79. The van der Waals surface area contributed by atoms with Crippen molar-refractivity contribution in [2.75, 3.05) is 18.4 Å². The maximum atomic E-state index is 12.6. The molecule has 8 nitrogen and oxygen atoms in total. The molecule has 1 saturated heterocycles. The number of benzene rings is 1. The van der Waals surface area contributed by atoms with Crippen LogP contribution >= 0.6 is 0 Å². The summed E-state index contributed by atoms with van der Waals surface area (Å²) in [5.74, 6) is 2.17. The van der Waals surface area contributed by atoms with E-state index >= 15 is 0 Å². The van der Waals surface area contributed by atoms with E-state index in [1.807, 2.05) is 35.5 Å². The highest BCUT2D eigenvalue weighted by atomic mass is 16.5. The van der Waals surface area contributed by atoms with Gasteiger partial charge in [0.15, 0.2) is 5.76 Å². The molecule has 0 bridgehead atoms. The van der Waals surface area contributed by atoms with E-state index in [1.165, 1.54) is 30.2 Å². The van der Waals surface area contributed by atoms with E-state index in [2.05, 4.69) is 39.5 Å². The zero-order valence-electron chi connectivity index (χ0n) is 18.8. The average molecular weight is 446 g/mol. The molecule has 2 aliphatic rings. The maximum Gasteiger partial charge on any atom is 0.322 e. The average Bonchev–Trinajstić information content (AvgIpc) is 3.59. The van der Waals surface area contributed by atoms with Crippen LogP contribution in [0.2, 0.25) is 0 Å². The molecule has 2 aromatic heterocycles. The van der Waals surface area contributed by atoms with Gasteiger partial charge in [0.25, 0.3) is 0 Å². The van der Waals surface area contributed by atoms with Crippen LogP contribution in [0.25, 0.3) is 6.08 Å². The Bertz CT molecular complexity index is 1170. The number of nitrogens with zero attached hydrogens (tertiary/aromatic N) is 4. The van der Waals surface area contributed by atoms with Crippen LogP contribution in [0.15, 0.2) is 53.0 Å². The van der Waals surface area contributed by atoms with Gasteiger partial charge in [0.2, 0.25) is 0 Å². The largest absolute Gasteiger partial charge is 0.424 e. The van der Waals surface area contributed by atoms with Crippen molar-refractivity contribution in [2.24, 2.45) is 5.92 Å². The Morgan fingerprint density at radius 2 is 2.06 bits per heavy atom. The van der Waals surface area contributed by atoms with Crippen LogP contribution in [0.3, 0.4) is 0 Å². The Morgan fingerprint density at radius 3 is 2.76 bits per heavy atom. The first-order valence-electron chi connectivity index (χ1n) is 11.3. The molecule has 1 saturated carbocycles. The van der Waals surface area contributed by atoms with Gasteiger partial charge in [0, 0.05) is 25.5 Å². The molecule has 1 N–H and O–H groups in total. The Hall–Kier alpha value is -3.68. The van der Waals surface area contributed by atoms with E-state index in [0.29, 0.717) is 42.2 Å². The van der Waals surface area contributed by atoms with Gasteiger partial charge in [-0.2, -0.15) is 0 Å². The fraction of sp³-hybridized carbons (Fsp3) is 0.360. The summed E-state index contributed by atoms with van der Waals surface area (Å²) in [6.45, 7) is 5.23. The monoisotopic (exact) mass is 445 g/mol. The molecule has 2 amide bonds. The molecule has 1 atom stereocenters. The number of likely N-dealkylation sites (tertiary alicyclic amines) is 1. The molecule has 8 heteroatoms. The van der Waals surface area contributed by atoms with Gasteiger partial charge in [-0.3, -0.25) is 0 Å². The van der Waals surface area contributed by atoms with Crippen molar-refractivity contribution in [3.8, 4) is 11.8 Å². The number of urea groups is 1. The van der Waals surface area contributed by atoms with E-state index < -0.39 is 0 Å². The van der Waals surface area contributed by atoms with Crippen LogP contribution in [-0.4, -0.2) is 39.1 Å². The summed E-state index contributed by atoms with van der Waals surface area (Å²) >= 11 is 0. The first kappa shape index (κ1) is 21.2. The van der Waals surface area contributed by atoms with Gasteiger partial charge >= 0.3 is 12.0 Å². The number of carbonyl (C=O) groups excluding carboxylic acids is 1. The fourth-order valence-electron chi connectivity index (χ4n) is 4.05. The van der Waals surface area contributed by atoms with Gasteiger partial charge in [-0.25, -0.2) is 14.8 Å². The summed E-state index contributed by atoms with van der Waals surface area (Å²) in [5, 5.41) is 6.58. The molecular formula is C25H27N5O3. The minimum Gasteiger partial charge on any atom is -0.424 e. The molecule has 3 aromatic rings. The summed E-state index contributed by atoms with van der Waals surface area (Å²) in [6, 6.07) is 8.15. The quantitative estimate of drug-likeness (QED) is 0.565. The molecule has 3 heterocycles. The maximum absolute atomic E-state index is 12.6. The Labute approximate surface area is 192 Å². The summed E-state index contributed by atoms with van der Waals surface area (Å²) in [7, 11) is 0. The Balaban J connectivity index is 1.21. The summed E-state index contributed by atoms with van der Waals surface area (Å²) in [4.78, 5) is 23.1. The number of ether oxygens (including phenoxy) is 1. The van der Waals surface area contributed by atoms with Gasteiger partial charge in [-0.15, -0.1) is 0 Å². The number of amides is 2. The second kappa shape index (κ2) is 9.05. The summed E-state index contributed by atoms with van der Waals surface area (Å²) < 4.78 is 10.9. The third kappa shape index (κ3) is 5.05. The Kier molecular flexibility index (Phi) is 5.81. The lowest BCUT2D eigenvalue weighted by atomic mass is 9.91. The van der Waals surface area contributed by atoms with E-state index in [0.717, 1.165) is 12.0 Å². The van der Waals surface area contributed by atoms with Gasteiger partial charge < -0.3 is 19.5 Å². The van der Waals surface area contributed by atoms with Crippen LogP contribution in [0.1, 0.15) is 49.0 Å². The van der Waals surface area contributed by atoms with Crippen molar-refractivity contribution in [2.45, 2.75) is 39.0 Å². The SMILES string of the molecule is Cc1oncc1NC(=O)N1CC/C(=C\c2cccc(Oc3ncc(C4CC4)cn3)c2)C(C)C1. The first-order chi connectivity index (χ1) is 16.0. The molecule has 2 fully saturated rings. The number of aryl methyl sites for hydroxylation is 1. The molecule has 1 aliphatic carbocycles. The number of carbonyl (C=O) groups is 1. The number of anilines is 1. The number of hydrogen-bond donors (Lipinski definition) is 1. The summed E-state index contributed by atoms with van der Waals surface area (Å²) in [6.07, 6.45) is 10.7. The van der Waals surface area contributed by atoms with Crippen LogP contribution in [0, 0.1) is 12.8 Å². The van der Waals surface area contributed by atoms with Gasteiger partial charge in [-0.1, -0.05) is 35.9 Å². The van der Waals surface area contributed by atoms with Crippen molar-refractivity contribution < 1.29 is 14.1 Å². The molecule has 170 valence electrons. The topological polar surface area (TPSA) is 93.4 Å². The number of rotatable bonds is 5. The Morgan fingerprint density at radius 1 is 1.24 bits per heavy atom. The lowest BCUT2D eigenvalue weighted by molar-refractivity contribution is 0.197. The zero-order valence-corrected chi connectivity index (χ0v) is 18.8. The molecular weight excluding hydrogens is 418 g/mol. The van der Waals surface area contributed by atoms with E-state index in [1.54, 1.807) is 6.92 Å². The van der Waals surface area contributed by atoms with Gasteiger partial charge in [-0.05, 0) is 61.3 Å². The third-order valence-electron chi connectivity index (χ3n) is 6.19.